The zero-order valence-electron chi connectivity index (χ0n) is 19.5. The SMILES string of the molecule is Cn1c(CC[C@]2(Cc3c(CC(N)=O)sc4ccccc34)CCCN2)cc2ccc(C(=N)N)cc21. The smallest absolute Gasteiger partial charge is 0.222 e. The summed E-state index contributed by atoms with van der Waals surface area (Å²) in [7, 11) is 2.09. The maximum atomic E-state index is 11.8. The Balaban J connectivity index is 1.45. The zero-order valence-corrected chi connectivity index (χ0v) is 20.3. The van der Waals surface area contributed by atoms with Crippen LogP contribution in [0.2, 0.25) is 0 Å². The van der Waals surface area contributed by atoms with Gasteiger partial charge in [0.1, 0.15) is 5.84 Å². The number of primary amides is 1. The molecule has 1 fully saturated rings. The summed E-state index contributed by atoms with van der Waals surface area (Å²) < 4.78 is 3.44. The molecule has 1 atom stereocenters. The highest BCUT2D eigenvalue weighted by atomic mass is 32.1. The topological polar surface area (TPSA) is 110 Å². The van der Waals surface area contributed by atoms with Crippen LogP contribution in [0.1, 0.15) is 41.0 Å². The molecule has 1 saturated heterocycles. The van der Waals surface area contributed by atoms with Gasteiger partial charge in [0.05, 0.1) is 6.42 Å². The Labute approximate surface area is 203 Å². The predicted molar refractivity (Wildman–Crippen MR) is 141 cm³/mol. The molecule has 3 heterocycles. The molecule has 0 unspecified atom stereocenters. The van der Waals surface area contributed by atoms with Crippen LogP contribution in [0.5, 0.6) is 0 Å². The van der Waals surface area contributed by atoms with Crippen molar-refractivity contribution in [2.75, 3.05) is 6.54 Å². The van der Waals surface area contributed by atoms with Crippen LogP contribution in [0.4, 0.5) is 0 Å². The van der Waals surface area contributed by atoms with Crippen molar-refractivity contribution in [1.29, 1.82) is 5.41 Å². The third kappa shape index (κ3) is 4.21. The van der Waals surface area contributed by atoms with Crippen molar-refractivity contribution in [3.63, 3.8) is 0 Å². The van der Waals surface area contributed by atoms with Gasteiger partial charge in [-0.15, -0.1) is 11.3 Å². The first-order valence-corrected chi connectivity index (χ1v) is 12.6. The summed E-state index contributed by atoms with van der Waals surface area (Å²) >= 11 is 1.70. The van der Waals surface area contributed by atoms with Crippen LogP contribution in [0.25, 0.3) is 21.0 Å². The molecule has 176 valence electrons. The minimum absolute atomic E-state index is 0.00274. The summed E-state index contributed by atoms with van der Waals surface area (Å²) in [4.78, 5) is 12.9. The Hall–Kier alpha value is -3.16. The van der Waals surface area contributed by atoms with E-state index in [0.29, 0.717) is 6.42 Å². The van der Waals surface area contributed by atoms with Crippen LogP contribution in [0.15, 0.2) is 48.5 Å². The maximum absolute atomic E-state index is 11.8. The van der Waals surface area contributed by atoms with Crippen molar-refractivity contribution in [2.45, 2.75) is 44.1 Å². The van der Waals surface area contributed by atoms with Gasteiger partial charge in [-0.1, -0.05) is 30.3 Å². The van der Waals surface area contributed by atoms with Gasteiger partial charge in [-0.2, -0.15) is 0 Å². The van der Waals surface area contributed by atoms with Crippen LogP contribution in [0, 0.1) is 5.41 Å². The predicted octanol–water partition coefficient (Wildman–Crippen LogP) is 4.00. The molecule has 5 rings (SSSR count). The number of nitrogens with two attached hydrogens (primary N) is 2. The Kier molecular flexibility index (Phi) is 5.91. The Morgan fingerprint density at radius 1 is 1.21 bits per heavy atom. The number of hydrogen-bond donors (Lipinski definition) is 4. The van der Waals surface area contributed by atoms with Crippen molar-refractivity contribution in [1.82, 2.24) is 9.88 Å². The molecule has 1 amide bonds. The minimum Gasteiger partial charge on any atom is -0.384 e. The van der Waals surface area contributed by atoms with Gasteiger partial charge in [0.25, 0.3) is 0 Å². The van der Waals surface area contributed by atoms with Crippen molar-refractivity contribution in [3.05, 3.63) is 70.2 Å². The number of carbonyl (C=O) groups is 1. The van der Waals surface area contributed by atoms with E-state index in [-0.39, 0.29) is 17.3 Å². The molecule has 1 aliphatic rings. The molecule has 2 aromatic carbocycles. The van der Waals surface area contributed by atoms with Gasteiger partial charge in [-0.25, -0.2) is 0 Å². The van der Waals surface area contributed by atoms with Gasteiger partial charge in [0, 0.05) is 38.9 Å². The third-order valence-electron chi connectivity index (χ3n) is 7.28. The van der Waals surface area contributed by atoms with E-state index in [9.17, 15) is 4.79 Å². The fraction of sp³-hybridized carbons (Fsp3) is 0.333. The number of aromatic nitrogens is 1. The molecule has 0 saturated carbocycles. The lowest BCUT2D eigenvalue weighted by atomic mass is 9.83. The van der Waals surface area contributed by atoms with Gasteiger partial charge in [0.15, 0.2) is 0 Å². The third-order valence-corrected chi connectivity index (χ3v) is 8.49. The average Bonchev–Trinajstić information content (AvgIpc) is 3.49. The minimum atomic E-state index is -0.276. The van der Waals surface area contributed by atoms with Crippen LogP contribution in [-0.4, -0.2) is 28.4 Å². The molecule has 2 aromatic heterocycles. The molecule has 34 heavy (non-hydrogen) atoms. The van der Waals surface area contributed by atoms with Crippen LogP contribution in [-0.2, 0) is 31.1 Å². The van der Waals surface area contributed by atoms with Gasteiger partial charge in [-0.05, 0) is 73.2 Å². The van der Waals surface area contributed by atoms with Gasteiger partial charge in [-0.3, -0.25) is 10.2 Å². The summed E-state index contributed by atoms with van der Waals surface area (Å²) in [6, 6.07) is 16.6. The van der Waals surface area contributed by atoms with Crippen LogP contribution < -0.4 is 16.8 Å². The number of nitrogen functional groups attached to an aromatic ring is 1. The molecule has 4 aromatic rings. The highest BCUT2D eigenvalue weighted by Crippen LogP contribution is 2.38. The first-order chi connectivity index (χ1) is 16.3. The second kappa shape index (κ2) is 8.89. The molecule has 7 heteroatoms. The van der Waals surface area contributed by atoms with E-state index in [2.05, 4.69) is 47.3 Å². The molecule has 0 spiro atoms. The van der Waals surface area contributed by atoms with Crippen molar-refractivity contribution in [3.8, 4) is 0 Å². The monoisotopic (exact) mass is 473 g/mol. The van der Waals surface area contributed by atoms with Crippen LogP contribution >= 0.6 is 11.3 Å². The normalized spacial score (nSPS) is 18.1. The fourth-order valence-corrected chi connectivity index (χ4v) is 6.70. The molecule has 6 nitrogen and oxygen atoms in total. The van der Waals surface area contributed by atoms with Crippen LogP contribution in [0.3, 0.4) is 0 Å². The zero-order chi connectivity index (χ0) is 23.9. The lowest BCUT2D eigenvalue weighted by molar-refractivity contribution is -0.117. The van der Waals surface area contributed by atoms with E-state index in [1.165, 1.54) is 26.7 Å². The van der Waals surface area contributed by atoms with Crippen molar-refractivity contribution < 1.29 is 4.79 Å². The van der Waals surface area contributed by atoms with E-state index < -0.39 is 0 Å². The number of rotatable bonds is 8. The number of carbonyl (C=O) groups excluding carboxylic acids is 1. The molecule has 1 aliphatic heterocycles. The summed E-state index contributed by atoms with van der Waals surface area (Å²) in [5.74, 6) is -0.185. The van der Waals surface area contributed by atoms with E-state index in [1.807, 2.05) is 18.2 Å². The number of thiophene rings is 1. The van der Waals surface area contributed by atoms with E-state index in [4.69, 9.17) is 16.9 Å². The second-order valence-corrected chi connectivity index (χ2v) is 10.6. The number of aryl methyl sites for hydroxylation is 2. The molecule has 0 radical (unpaired) electrons. The van der Waals surface area contributed by atoms with E-state index in [1.54, 1.807) is 11.3 Å². The van der Waals surface area contributed by atoms with Gasteiger partial charge >= 0.3 is 0 Å². The van der Waals surface area contributed by atoms with Crippen molar-refractivity contribution in [2.24, 2.45) is 18.5 Å². The number of hydrogen-bond acceptors (Lipinski definition) is 4. The molecule has 0 aliphatic carbocycles. The van der Waals surface area contributed by atoms with Gasteiger partial charge < -0.3 is 21.4 Å². The fourth-order valence-electron chi connectivity index (χ4n) is 5.47. The maximum Gasteiger partial charge on any atom is 0.222 e. The number of benzene rings is 2. The Morgan fingerprint density at radius 3 is 2.76 bits per heavy atom. The summed E-state index contributed by atoms with van der Waals surface area (Å²) in [6.07, 6.45) is 5.43. The second-order valence-electron chi connectivity index (χ2n) is 9.51. The summed E-state index contributed by atoms with van der Waals surface area (Å²) in [6.45, 7) is 1.02. The molecule has 0 bridgehead atoms. The molecular weight excluding hydrogens is 442 g/mol. The standard InChI is InChI=1S/C27H31N5OS/c1-32-19(13-17-7-8-18(26(29)30)14-22(17)32)9-11-27(10-4-12-31-27)16-21-20-5-2-3-6-23(20)34-24(21)15-25(28)33/h2-3,5-8,13-14,31H,4,9-12,15-16H2,1H3,(H2,28,33)(H3,29,30)/t27-/m0/s1. The van der Waals surface area contributed by atoms with E-state index in [0.717, 1.165) is 54.6 Å². The highest BCUT2D eigenvalue weighted by molar-refractivity contribution is 7.19. The lowest BCUT2D eigenvalue weighted by Gasteiger charge is -2.30. The molecule has 6 N–H and O–H groups in total. The van der Waals surface area contributed by atoms with E-state index >= 15 is 0 Å². The largest absolute Gasteiger partial charge is 0.384 e. The number of nitrogens with one attached hydrogen (secondary N) is 2. The summed E-state index contributed by atoms with van der Waals surface area (Å²) in [5.41, 5.74) is 15.7. The highest BCUT2D eigenvalue weighted by Gasteiger charge is 2.35. The summed E-state index contributed by atoms with van der Waals surface area (Å²) in [5, 5.41) is 14.0. The Morgan fingerprint density at radius 2 is 2.03 bits per heavy atom. The number of amidine groups is 1. The Bertz CT molecular complexity index is 1390. The lowest BCUT2D eigenvalue weighted by Crippen LogP contribution is -2.42. The number of nitrogens with zero attached hydrogens (tertiary/aromatic N) is 1. The molecular formula is C27H31N5OS. The first-order valence-electron chi connectivity index (χ1n) is 11.8. The van der Waals surface area contributed by atoms with Crippen molar-refractivity contribution >= 4 is 44.1 Å². The quantitative estimate of drug-likeness (QED) is 0.229. The number of amides is 1. The average molecular weight is 474 g/mol. The van der Waals surface area contributed by atoms with Gasteiger partial charge in [0.2, 0.25) is 5.91 Å². The first kappa shape index (κ1) is 22.6. The number of fused-ring (bicyclic) bond motifs is 2.